The van der Waals surface area contributed by atoms with E-state index in [1.807, 2.05) is 0 Å². The van der Waals surface area contributed by atoms with Gasteiger partial charge in [0.1, 0.15) is 0 Å². The average molecular weight is 214 g/mol. The zero-order valence-electron chi connectivity index (χ0n) is 9.65. The summed E-state index contributed by atoms with van der Waals surface area (Å²) >= 11 is 0. The number of likely N-dealkylation sites (tertiary alicyclic amines) is 1. The number of nitrogens with two attached hydrogens (primary N) is 1. The summed E-state index contributed by atoms with van der Waals surface area (Å²) in [4.78, 5) is 13.7. The van der Waals surface area contributed by atoms with Gasteiger partial charge >= 0.3 is 0 Å². The minimum atomic E-state index is -0.405. The Morgan fingerprint density at radius 3 is 2.80 bits per heavy atom. The van der Waals surface area contributed by atoms with Crippen LogP contribution in [0.4, 0.5) is 0 Å². The van der Waals surface area contributed by atoms with Crippen LogP contribution in [0.25, 0.3) is 0 Å². The summed E-state index contributed by atoms with van der Waals surface area (Å²) in [6, 6.07) is -0.409. The number of hydrogen-bond acceptors (Lipinski definition) is 3. The normalized spacial score (nSPS) is 23.5. The molecule has 0 unspecified atom stereocenters. The Kier molecular flexibility index (Phi) is 4.54. The minimum absolute atomic E-state index is 0.000231. The number of aliphatic hydroxyl groups is 1. The van der Waals surface area contributed by atoms with Crippen molar-refractivity contribution >= 4 is 5.91 Å². The number of carbonyl (C=O) groups excluding carboxylic acids is 1. The summed E-state index contributed by atoms with van der Waals surface area (Å²) in [6.07, 6.45) is 2.59. The lowest BCUT2D eigenvalue weighted by atomic mass is 10.0. The summed E-state index contributed by atoms with van der Waals surface area (Å²) in [5, 5.41) is 9.11. The number of carbonyl (C=O) groups is 1. The van der Waals surface area contributed by atoms with Gasteiger partial charge in [-0.2, -0.15) is 0 Å². The minimum Gasteiger partial charge on any atom is -0.394 e. The molecule has 1 aliphatic rings. The Morgan fingerprint density at radius 1 is 1.60 bits per heavy atom. The van der Waals surface area contributed by atoms with Crippen molar-refractivity contribution in [3.63, 3.8) is 0 Å². The molecule has 2 atom stereocenters. The molecule has 0 aromatic rings. The van der Waals surface area contributed by atoms with Gasteiger partial charge in [-0.05, 0) is 25.2 Å². The van der Waals surface area contributed by atoms with Crippen molar-refractivity contribution in [3.05, 3.63) is 0 Å². The molecule has 0 bridgehead atoms. The summed E-state index contributed by atoms with van der Waals surface area (Å²) in [7, 11) is 0. The van der Waals surface area contributed by atoms with Crippen molar-refractivity contribution in [2.75, 3.05) is 13.2 Å². The number of aliphatic hydroxyl groups excluding tert-OH is 1. The van der Waals surface area contributed by atoms with E-state index in [9.17, 15) is 4.79 Å². The molecule has 0 aromatic carbocycles. The summed E-state index contributed by atoms with van der Waals surface area (Å²) < 4.78 is 0. The van der Waals surface area contributed by atoms with Gasteiger partial charge in [0.15, 0.2) is 0 Å². The van der Waals surface area contributed by atoms with E-state index < -0.39 is 6.04 Å². The highest BCUT2D eigenvalue weighted by Gasteiger charge is 2.31. The monoisotopic (exact) mass is 214 g/mol. The van der Waals surface area contributed by atoms with Gasteiger partial charge in [0.25, 0.3) is 0 Å². The first-order chi connectivity index (χ1) is 7.06. The van der Waals surface area contributed by atoms with Gasteiger partial charge in [-0.25, -0.2) is 0 Å². The fourth-order valence-electron chi connectivity index (χ4n) is 2.14. The maximum absolute atomic E-state index is 11.9. The number of hydrogen-bond donors (Lipinski definition) is 2. The molecule has 1 heterocycles. The molecule has 1 rings (SSSR count). The van der Waals surface area contributed by atoms with Crippen LogP contribution in [0.15, 0.2) is 0 Å². The topological polar surface area (TPSA) is 66.6 Å². The second kappa shape index (κ2) is 5.47. The number of rotatable bonds is 4. The largest absolute Gasteiger partial charge is 0.394 e. The maximum Gasteiger partial charge on any atom is 0.239 e. The van der Waals surface area contributed by atoms with Crippen molar-refractivity contribution in [1.82, 2.24) is 4.90 Å². The lowest BCUT2D eigenvalue weighted by Gasteiger charge is -2.26. The van der Waals surface area contributed by atoms with Crippen LogP contribution >= 0.6 is 0 Å². The average Bonchev–Trinajstić information content (AvgIpc) is 2.62. The molecule has 1 amide bonds. The standard InChI is InChI=1S/C11H22N2O2/c1-8(2)6-10(12)11(15)13-5-3-4-9(13)7-14/h8-10,14H,3-7,12H2,1-2H3/t9-,10+/m0/s1. The third-order valence-electron chi connectivity index (χ3n) is 2.91. The van der Waals surface area contributed by atoms with Crippen LogP contribution in [0.5, 0.6) is 0 Å². The molecule has 0 saturated carbocycles. The fraction of sp³-hybridized carbons (Fsp3) is 0.909. The van der Waals surface area contributed by atoms with Crippen molar-refractivity contribution in [2.24, 2.45) is 11.7 Å². The van der Waals surface area contributed by atoms with Crippen LogP contribution in [0.3, 0.4) is 0 Å². The predicted molar refractivity (Wildman–Crippen MR) is 59.3 cm³/mol. The van der Waals surface area contributed by atoms with Crippen LogP contribution in [-0.4, -0.2) is 41.1 Å². The van der Waals surface area contributed by atoms with Crippen LogP contribution in [0.1, 0.15) is 33.1 Å². The summed E-state index contributed by atoms with van der Waals surface area (Å²) in [5.41, 5.74) is 5.84. The first kappa shape index (κ1) is 12.5. The van der Waals surface area contributed by atoms with Crippen LogP contribution in [0, 0.1) is 5.92 Å². The van der Waals surface area contributed by atoms with Crippen LogP contribution in [-0.2, 0) is 4.79 Å². The molecule has 0 aromatic heterocycles. The van der Waals surface area contributed by atoms with Gasteiger partial charge in [-0.1, -0.05) is 13.8 Å². The summed E-state index contributed by atoms with van der Waals surface area (Å²) in [6.45, 7) is 4.91. The summed E-state index contributed by atoms with van der Waals surface area (Å²) in [5.74, 6) is 0.430. The van der Waals surface area contributed by atoms with E-state index >= 15 is 0 Å². The molecule has 15 heavy (non-hydrogen) atoms. The van der Waals surface area contributed by atoms with Crippen molar-refractivity contribution in [3.8, 4) is 0 Å². The van der Waals surface area contributed by atoms with E-state index in [2.05, 4.69) is 13.8 Å². The van der Waals surface area contributed by atoms with Crippen LogP contribution < -0.4 is 5.73 Å². The van der Waals surface area contributed by atoms with Crippen molar-refractivity contribution in [2.45, 2.75) is 45.2 Å². The zero-order valence-corrected chi connectivity index (χ0v) is 9.65. The van der Waals surface area contributed by atoms with Gasteiger partial charge in [0.05, 0.1) is 18.7 Å². The van der Waals surface area contributed by atoms with E-state index in [-0.39, 0.29) is 18.6 Å². The van der Waals surface area contributed by atoms with Gasteiger partial charge in [-0.15, -0.1) is 0 Å². The number of nitrogens with zero attached hydrogens (tertiary/aromatic N) is 1. The highest BCUT2D eigenvalue weighted by molar-refractivity contribution is 5.82. The molecule has 1 saturated heterocycles. The highest BCUT2D eigenvalue weighted by Crippen LogP contribution is 2.18. The molecular weight excluding hydrogens is 192 g/mol. The quantitative estimate of drug-likeness (QED) is 0.709. The van der Waals surface area contributed by atoms with Gasteiger partial charge < -0.3 is 15.7 Å². The molecule has 1 aliphatic heterocycles. The van der Waals surface area contributed by atoms with Crippen molar-refractivity contribution < 1.29 is 9.90 Å². The molecule has 3 N–H and O–H groups in total. The van der Waals surface area contributed by atoms with E-state index in [0.717, 1.165) is 19.4 Å². The highest BCUT2D eigenvalue weighted by atomic mass is 16.3. The Balaban J connectivity index is 2.51. The molecule has 4 heteroatoms. The smallest absolute Gasteiger partial charge is 0.239 e. The first-order valence-corrected chi connectivity index (χ1v) is 5.73. The van der Waals surface area contributed by atoms with E-state index in [0.29, 0.717) is 12.3 Å². The Bertz CT molecular complexity index is 219. The Hall–Kier alpha value is -0.610. The van der Waals surface area contributed by atoms with Crippen molar-refractivity contribution in [1.29, 1.82) is 0 Å². The van der Waals surface area contributed by atoms with Gasteiger partial charge in [-0.3, -0.25) is 4.79 Å². The molecule has 4 nitrogen and oxygen atoms in total. The molecule has 88 valence electrons. The molecular formula is C11H22N2O2. The molecule has 1 fully saturated rings. The predicted octanol–water partition coefficient (Wildman–Crippen LogP) is 0.343. The number of amides is 1. The van der Waals surface area contributed by atoms with E-state index in [1.54, 1.807) is 4.90 Å². The van der Waals surface area contributed by atoms with Crippen LogP contribution in [0.2, 0.25) is 0 Å². The van der Waals surface area contributed by atoms with E-state index in [1.165, 1.54) is 0 Å². The molecule has 0 aliphatic carbocycles. The van der Waals surface area contributed by atoms with Gasteiger partial charge in [0.2, 0.25) is 5.91 Å². The SMILES string of the molecule is CC(C)C[C@@H](N)C(=O)N1CCC[C@H]1CO. The van der Waals surface area contributed by atoms with E-state index in [4.69, 9.17) is 10.8 Å². The zero-order chi connectivity index (χ0) is 11.4. The first-order valence-electron chi connectivity index (χ1n) is 5.73. The second-order valence-electron chi connectivity index (χ2n) is 4.75. The lowest BCUT2D eigenvalue weighted by Crippen LogP contribution is -2.47. The third-order valence-corrected chi connectivity index (χ3v) is 2.91. The molecule has 0 radical (unpaired) electrons. The molecule has 0 spiro atoms. The maximum atomic E-state index is 11.9. The lowest BCUT2D eigenvalue weighted by molar-refractivity contribution is -0.134. The third kappa shape index (κ3) is 3.18. The van der Waals surface area contributed by atoms with Gasteiger partial charge in [0, 0.05) is 6.54 Å². The Morgan fingerprint density at radius 2 is 2.27 bits per heavy atom. The Labute approximate surface area is 91.4 Å². The second-order valence-corrected chi connectivity index (χ2v) is 4.75. The fourth-order valence-corrected chi connectivity index (χ4v) is 2.14.